The minimum atomic E-state index is -0.0525. The molecule has 3 rings (SSSR count). The van der Waals surface area contributed by atoms with E-state index in [2.05, 4.69) is 4.98 Å². The van der Waals surface area contributed by atoms with Gasteiger partial charge in [0, 0.05) is 19.8 Å². The topological polar surface area (TPSA) is 44.1 Å². The largest absolute Gasteiger partial charge is 0.381 e. The van der Waals surface area contributed by atoms with Gasteiger partial charge in [-0.05, 0) is 37.3 Å². The number of hydrogen-bond acceptors (Lipinski definition) is 3. The Balaban J connectivity index is 1.76. The Kier molecular flexibility index (Phi) is 4.03. The van der Waals surface area contributed by atoms with Crippen LogP contribution in [-0.2, 0) is 11.3 Å². The van der Waals surface area contributed by atoms with Crippen molar-refractivity contribution in [3.63, 3.8) is 0 Å². The molecule has 20 heavy (non-hydrogen) atoms. The molecular formula is C15H17ClN2O2. The minimum absolute atomic E-state index is 0.0525. The van der Waals surface area contributed by atoms with Gasteiger partial charge in [0.05, 0.1) is 22.3 Å². The summed E-state index contributed by atoms with van der Waals surface area (Å²) in [5, 5.41) is 0.986. The van der Waals surface area contributed by atoms with Crippen molar-refractivity contribution in [1.29, 1.82) is 0 Å². The van der Waals surface area contributed by atoms with Crippen molar-refractivity contribution >= 4 is 22.5 Å². The van der Waals surface area contributed by atoms with E-state index in [1.165, 1.54) is 0 Å². The Morgan fingerprint density at radius 1 is 1.45 bits per heavy atom. The van der Waals surface area contributed by atoms with Gasteiger partial charge in [0.25, 0.3) is 5.56 Å². The van der Waals surface area contributed by atoms with Gasteiger partial charge >= 0.3 is 0 Å². The Morgan fingerprint density at radius 2 is 2.35 bits per heavy atom. The second kappa shape index (κ2) is 5.94. The molecule has 1 atom stereocenters. The van der Waals surface area contributed by atoms with Gasteiger partial charge in [0.15, 0.2) is 0 Å². The highest BCUT2D eigenvalue weighted by Crippen LogP contribution is 2.19. The number of benzene rings is 1. The molecule has 1 aliphatic rings. The lowest BCUT2D eigenvalue weighted by Gasteiger charge is -2.09. The number of aromatic nitrogens is 2. The van der Waals surface area contributed by atoms with Crippen LogP contribution in [0.1, 0.15) is 19.3 Å². The van der Waals surface area contributed by atoms with Crippen LogP contribution in [0.3, 0.4) is 0 Å². The van der Waals surface area contributed by atoms with E-state index in [-0.39, 0.29) is 5.56 Å². The van der Waals surface area contributed by atoms with Crippen molar-refractivity contribution in [3.8, 4) is 0 Å². The maximum atomic E-state index is 12.4. The summed E-state index contributed by atoms with van der Waals surface area (Å²) in [5.41, 5.74) is 0.603. The number of fused-ring (bicyclic) bond motifs is 1. The SMILES string of the molecule is O=c1c2c(Cl)cccc2ncn1CCC[C@H]1CCOC1. The molecule has 1 fully saturated rings. The van der Waals surface area contributed by atoms with Gasteiger partial charge in [-0.15, -0.1) is 0 Å². The van der Waals surface area contributed by atoms with Crippen LogP contribution in [0.5, 0.6) is 0 Å². The molecule has 1 aromatic carbocycles. The molecule has 2 aromatic rings. The normalized spacial score (nSPS) is 18.8. The van der Waals surface area contributed by atoms with E-state index < -0.39 is 0 Å². The summed E-state index contributed by atoms with van der Waals surface area (Å²) < 4.78 is 7.02. The average Bonchev–Trinajstić information content (AvgIpc) is 2.95. The Bertz CT molecular complexity index is 662. The lowest BCUT2D eigenvalue weighted by atomic mass is 10.0. The van der Waals surface area contributed by atoms with E-state index in [9.17, 15) is 4.79 Å². The predicted octanol–water partition coefficient (Wildman–Crippen LogP) is 2.87. The van der Waals surface area contributed by atoms with E-state index in [0.29, 0.717) is 28.4 Å². The Hall–Kier alpha value is -1.39. The molecule has 0 bridgehead atoms. The van der Waals surface area contributed by atoms with Gasteiger partial charge in [-0.1, -0.05) is 17.7 Å². The number of hydrogen-bond donors (Lipinski definition) is 0. The number of nitrogens with zero attached hydrogens (tertiary/aromatic N) is 2. The van der Waals surface area contributed by atoms with E-state index in [0.717, 1.165) is 32.5 Å². The zero-order valence-electron chi connectivity index (χ0n) is 11.2. The lowest BCUT2D eigenvalue weighted by Crippen LogP contribution is -2.21. The third-order valence-electron chi connectivity index (χ3n) is 3.84. The van der Waals surface area contributed by atoms with E-state index in [1.807, 2.05) is 12.1 Å². The van der Waals surface area contributed by atoms with Crippen LogP contribution in [0.4, 0.5) is 0 Å². The maximum absolute atomic E-state index is 12.4. The first-order chi connectivity index (χ1) is 9.75. The standard InChI is InChI=1S/C15H17ClN2O2/c16-12-4-1-5-13-14(12)15(19)18(10-17-13)7-2-3-11-6-8-20-9-11/h1,4-5,10-11H,2-3,6-9H2/t11-/m0/s1. The molecular weight excluding hydrogens is 276 g/mol. The monoisotopic (exact) mass is 292 g/mol. The molecule has 1 aromatic heterocycles. The lowest BCUT2D eigenvalue weighted by molar-refractivity contribution is 0.183. The summed E-state index contributed by atoms with van der Waals surface area (Å²) in [7, 11) is 0. The minimum Gasteiger partial charge on any atom is -0.381 e. The second-order valence-electron chi connectivity index (χ2n) is 5.25. The fraction of sp³-hybridized carbons (Fsp3) is 0.467. The van der Waals surface area contributed by atoms with Gasteiger partial charge in [0.1, 0.15) is 0 Å². The highest BCUT2D eigenvalue weighted by atomic mass is 35.5. The zero-order valence-corrected chi connectivity index (χ0v) is 12.0. The first-order valence-corrected chi connectivity index (χ1v) is 7.35. The van der Waals surface area contributed by atoms with Crippen LogP contribution in [0, 0.1) is 5.92 Å². The third-order valence-corrected chi connectivity index (χ3v) is 4.15. The van der Waals surface area contributed by atoms with Crippen molar-refractivity contribution in [3.05, 3.63) is 39.9 Å². The molecule has 0 saturated carbocycles. The van der Waals surface area contributed by atoms with Crippen molar-refractivity contribution in [2.45, 2.75) is 25.8 Å². The molecule has 0 radical (unpaired) electrons. The molecule has 2 heterocycles. The van der Waals surface area contributed by atoms with Gasteiger partial charge in [0.2, 0.25) is 0 Å². The maximum Gasteiger partial charge on any atom is 0.262 e. The van der Waals surface area contributed by atoms with Crippen molar-refractivity contribution in [1.82, 2.24) is 9.55 Å². The fourth-order valence-corrected chi connectivity index (χ4v) is 2.93. The first-order valence-electron chi connectivity index (χ1n) is 6.97. The average molecular weight is 293 g/mol. The molecule has 0 amide bonds. The Labute approximate surface area is 122 Å². The molecule has 5 heteroatoms. The number of ether oxygens (including phenoxy) is 1. The molecule has 0 unspecified atom stereocenters. The molecule has 4 nitrogen and oxygen atoms in total. The van der Waals surface area contributed by atoms with Gasteiger partial charge in [-0.3, -0.25) is 9.36 Å². The van der Waals surface area contributed by atoms with Gasteiger partial charge in [-0.25, -0.2) is 4.98 Å². The van der Waals surface area contributed by atoms with Crippen LogP contribution in [0.15, 0.2) is 29.3 Å². The van der Waals surface area contributed by atoms with Gasteiger partial charge < -0.3 is 4.74 Å². The predicted molar refractivity (Wildman–Crippen MR) is 79.2 cm³/mol. The molecule has 0 spiro atoms. The summed E-state index contributed by atoms with van der Waals surface area (Å²) in [6, 6.07) is 5.34. The highest BCUT2D eigenvalue weighted by molar-refractivity contribution is 6.35. The van der Waals surface area contributed by atoms with Crippen molar-refractivity contribution < 1.29 is 4.74 Å². The second-order valence-corrected chi connectivity index (χ2v) is 5.66. The van der Waals surface area contributed by atoms with Crippen LogP contribution in [-0.4, -0.2) is 22.8 Å². The third kappa shape index (κ3) is 2.72. The summed E-state index contributed by atoms with van der Waals surface area (Å²) in [4.78, 5) is 16.7. The molecule has 1 saturated heterocycles. The van der Waals surface area contributed by atoms with Crippen LogP contribution in [0.25, 0.3) is 10.9 Å². The summed E-state index contributed by atoms with van der Waals surface area (Å²) in [5.74, 6) is 0.641. The van der Waals surface area contributed by atoms with Crippen LogP contribution in [0.2, 0.25) is 5.02 Å². The van der Waals surface area contributed by atoms with E-state index in [1.54, 1.807) is 17.0 Å². The highest BCUT2D eigenvalue weighted by Gasteiger charge is 2.15. The molecule has 0 N–H and O–H groups in total. The quantitative estimate of drug-likeness (QED) is 0.870. The molecule has 1 aliphatic heterocycles. The molecule has 106 valence electrons. The number of rotatable bonds is 4. The number of halogens is 1. The summed E-state index contributed by atoms with van der Waals surface area (Å²) in [6.45, 7) is 2.41. The van der Waals surface area contributed by atoms with Gasteiger partial charge in [-0.2, -0.15) is 0 Å². The smallest absolute Gasteiger partial charge is 0.262 e. The van der Waals surface area contributed by atoms with Crippen LogP contribution < -0.4 is 5.56 Å². The van der Waals surface area contributed by atoms with Crippen LogP contribution >= 0.6 is 11.6 Å². The zero-order chi connectivity index (χ0) is 13.9. The van der Waals surface area contributed by atoms with E-state index >= 15 is 0 Å². The Morgan fingerprint density at radius 3 is 3.15 bits per heavy atom. The van der Waals surface area contributed by atoms with Crippen molar-refractivity contribution in [2.24, 2.45) is 5.92 Å². The van der Waals surface area contributed by atoms with E-state index in [4.69, 9.17) is 16.3 Å². The number of aryl methyl sites for hydroxylation is 1. The molecule has 0 aliphatic carbocycles. The summed E-state index contributed by atoms with van der Waals surface area (Å²) >= 11 is 6.10. The van der Waals surface area contributed by atoms with Crippen molar-refractivity contribution in [2.75, 3.05) is 13.2 Å². The first kappa shape index (κ1) is 13.6. The fourth-order valence-electron chi connectivity index (χ4n) is 2.68. The summed E-state index contributed by atoms with van der Waals surface area (Å²) in [6.07, 6.45) is 4.81.